The van der Waals surface area contributed by atoms with Gasteiger partial charge >= 0.3 is 0 Å². The van der Waals surface area contributed by atoms with Crippen molar-refractivity contribution in [3.8, 4) is 5.75 Å². The molecule has 18 heavy (non-hydrogen) atoms. The molecule has 1 rings (SSSR count). The molecule has 1 aromatic carbocycles. The molecule has 0 spiro atoms. The Bertz CT molecular complexity index is 483. The fourth-order valence-electron chi connectivity index (χ4n) is 2.23. The Kier molecular flexibility index (Phi) is 4.93. The van der Waals surface area contributed by atoms with E-state index in [-0.39, 0.29) is 11.8 Å². The van der Waals surface area contributed by atoms with E-state index >= 15 is 0 Å². The Hall–Kier alpha value is -0.870. The van der Waals surface area contributed by atoms with Crippen LogP contribution in [-0.2, 0) is 4.79 Å². The number of benzene rings is 1. The smallest absolute Gasteiger partial charge is 0.131 e. The highest BCUT2D eigenvalue weighted by Gasteiger charge is 2.22. The van der Waals surface area contributed by atoms with Crippen molar-refractivity contribution in [3.63, 3.8) is 0 Å². The van der Waals surface area contributed by atoms with E-state index in [0.717, 1.165) is 32.5 Å². The minimum Gasteiger partial charge on any atom is -0.496 e. The number of ketones is 1. The van der Waals surface area contributed by atoms with Gasteiger partial charge in [-0.05, 0) is 44.4 Å². The third kappa shape index (κ3) is 2.75. The van der Waals surface area contributed by atoms with E-state index in [1.807, 2.05) is 20.8 Å². The van der Waals surface area contributed by atoms with Crippen LogP contribution in [0, 0.1) is 20.8 Å². The number of Topliss-reactive ketones (excluding diaryl/α,β-unsaturated/α-hetero) is 1. The summed E-state index contributed by atoms with van der Waals surface area (Å²) in [6.45, 7) is 7.59. The molecule has 1 unspecified atom stereocenters. The van der Waals surface area contributed by atoms with Crippen molar-refractivity contribution in [2.75, 3.05) is 7.11 Å². The first-order chi connectivity index (χ1) is 8.31. The van der Waals surface area contributed by atoms with Crippen LogP contribution in [0.3, 0.4) is 0 Å². The predicted octanol–water partition coefficient (Wildman–Crippen LogP) is 3.36. The number of carbonyl (C=O) groups excluding carboxylic acids is 1. The number of hydrogen-bond donors (Lipinski definition) is 1. The molecule has 0 aromatic heterocycles. The molecule has 0 saturated carbocycles. The highest BCUT2D eigenvalue weighted by atomic mass is 79.9. The van der Waals surface area contributed by atoms with E-state index in [1.54, 1.807) is 14.0 Å². The molecule has 0 fully saturated rings. The minimum absolute atomic E-state index is 0.0818. The molecule has 4 heteroatoms. The summed E-state index contributed by atoms with van der Waals surface area (Å²) in [6.07, 6.45) is 0.326. The quantitative estimate of drug-likeness (QED) is 0.927. The molecule has 3 nitrogen and oxygen atoms in total. The van der Waals surface area contributed by atoms with Gasteiger partial charge in [0, 0.05) is 22.5 Å². The van der Waals surface area contributed by atoms with Crippen molar-refractivity contribution < 1.29 is 9.53 Å². The monoisotopic (exact) mass is 313 g/mol. The Labute approximate surface area is 117 Å². The van der Waals surface area contributed by atoms with Crippen molar-refractivity contribution in [2.45, 2.75) is 40.2 Å². The van der Waals surface area contributed by atoms with Gasteiger partial charge in [-0.3, -0.25) is 4.79 Å². The molecular formula is C14H20BrNO2. The predicted molar refractivity (Wildman–Crippen MR) is 77.1 cm³/mol. The highest BCUT2D eigenvalue weighted by Crippen LogP contribution is 2.39. The topological polar surface area (TPSA) is 52.3 Å². The maximum absolute atomic E-state index is 11.2. The summed E-state index contributed by atoms with van der Waals surface area (Å²) in [5.74, 6) is 0.875. The van der Waals surface area contributed by atoms with E-state index in [2.05, 4.69) is 15.9 Å². The fraction of sp³-hybridized carbons (Fsp3) is 0.500. The average molecular weight is 314 g/mol. The maximum atomic E-state index is 11.2. The number of carbonyl (C=O) groups is 1. The van der Waals surface area contributed by atoms with Crippen LogP contribution in [0.25, 0.3) is 0 Å². The largest absolute Gasteiger partial charge is 0.496 e. The zero-order valence-corrected chi connectivity index (χ0v) is 13.1. The lowest BCUT2D eigenvalue weighted by atomic mass is 9.92. The molecule has 0 saturated heterocycles. The number of halogens is 1. The summed E-state index contributed by atoms with van der Waals surface area (Å²) in [5, 5.41) is 0. The van der Waals surface area contributed by atoms with Crippen LogP contribution in [0.4, 0.5) is 0 Å². The van der Waals surface area contributed by atoms with E-state index in [4.69, 9.17) is 10.5 Å². The van der Waals surface area contributed by atoms with Crippen LogP contribution in [0.5, 0.6) is 5.75 Å². The van der Waals surface area contributed by atoms with Crippen molar-refractivity contribution in [1.82, 2.24) is 0 Å². The minimum atomic E-state index is -0.326. The van der Waals surface area contributed by atoms with Gasteiger partial charge in [0.25, 0.3) is 0 Å². The molecular weight excluding hydrogens is 294 g/mol. The molecule has 100 valence electrons. The van der Waals surface area contributed by atoms with Crippen molar-refractivity contribution >= 4 is 21.7 Å². The Morgan fingerprint density at radius 3 is 2.28 bits per heavy atom. The van der Waals surface area contributed by atoms with Gasteiger partial charge in [-0.25, -0.2) is 0 Å². The average Bonchev–Trinajstić information content (AvgIpc) is 2.29. The first-order valence-electron chi connectivity index (χ1n) is 5.89. The van der Waals surface area contributed by atoms with Crippen molar-refractivity contribution in [2.24, 2.45) is 5.73 Å². The number of ether oxygens (including phenoxy) is 1. The van der Waals surface area contributed by atoms with Gasteiger partial charge in [0.1, 0.15) is 11.5 Å². The zero-order chi connectivity index (χ0) is 14.0. The molecule has 1 aromatic rings. The number of nitrogens with two attached hydrogens (primary N) is 1. The van der Waals surface area contributed by atoms with Crippen molar-refractivity contribution in [1.29, 1.82) is 0 Å². The molecule has 0 aliphatic carbocycles. The SMILES string of the molecule is COc1c(C)c(C)c(Br)c(C)c1C(N)CC(C)=O. The molecule has 0 bridgehead atoms. The van der Waals surface area contributed by atoms with E-state index in [0.29, 0.717) is 6.42 Å². The van der Waals surface area contributed by atoms with Crippen LogP contribution in [0.2, 0.25) is 0 Å². The lowest BCUT2D eigenvalue weighted by molar-refractivity contribution is -0.117. The van der Waals surface area contributed by atoms with Crippen LogP contribution in [-0.4, -0.2) is 12.9 Å². The van der Waals surface area contributed by atoms with Gasteiger partial charge in [0.2, 0.25) is 0 Å². The van der Waals surface area contributed by atoms with Crippen LogP contribution < -0.4 is 10.5 Å². The number of hydrogen-bond acceptors (Lipinski definition) is 3. The Morgan fingerprint density at radius 2 is 1.83 bits per heavy atom. The van der Waals surface area contributed by atoms with Crippen molar-refractivity contribution in [3.05, 3.63) is 26.7 Å². The Balaban J connectivity index is 3.46. The third-order valence-corrected chi connectivity index (χ3v) is 4.48. The summed E-state index contributed by atoms with van der Waals surface area (Å²) >= 11 is 3.58. The second-order valence-corrected chi connectivity index (χ2v) is 5.44. The summed E-state index contributed by atoms with van der Waals surface area (Å²) < 4.78 is 6.52. The van der Waals surface area contributed by atoms with Gasteiger partial charge in [-0.1, -0.05) is 15.9 Å². The van der Waals surface area contributed by atoms with E-state index in [1.165, 1.54) is 0 Å². The zero-order valence-electron chi connectivity index (χ0n) is 11.6. The summed E-state index contributed by atoms with van der Waals surface area (Å²) in [4.78, 5) is 11.2. The van der Waals surface area contributed by atoms with Gasteiger partial charge in [-0.2, -0.15) is 0 Å². The lowest BCUT2D eigenvalue weighted by Gasteiger charge is -2.22. The molecule has 0 radical (unpaired) electrons. The lowest BCUT2D eigenvalue weighted by Crippen LogP contribution is -2.17. The standard InChI is InChI=1S/C14H20BrNO2/c1-7(17)6-11(16)12-10(4)13(15)8(2)9(3)14(12)18-5/h11H,6,16H2,1-5H3. The summed E-state index contributed by atoms with van der Waals surface area (Å²) in [6, 6.07) is -0.326. The maximum Gasteiger partial charge on any atom is 0.131 e. The van der Waals surface area contributed by atoms with E-state index < -0.39 is 0 Å². The van der Waals surface area contributed by atoms with Gasteiger partial charge in [0.05, 0.1) is 7.11 Å². The first kappa shape index (κ1) is 15.2. The Morgan fingerprint density at radius 1 is 1.28 bits per heavy atom. The normalized spacial score (nSPS) is 12.4. The molecule has 2 N–H and O–H groups in total. The van der Waals surface area contributed by atoms with Gasteiger partial charge < -0.3 is 10.5 Å². The summed E-state index contributed by atoms with van der Waals surface area (Å²) in [7, 11) is 1.64. The third-order valence-electron chi connectivity index (χ3n) is 3.29. The fourth-order valence-corrected chi connectivity index (χ4v) is 2.74. The van der Waals surface area contributed by atoms with Gasteiger partial charge in [-0.15, -0.1) is 0 Å². The highest BCUT2D eigenvalue weighted by molar-refractivity contribution is 9.10. The second-order valence-electron chi connectivity index (χ2n) is 4.65. The molecule has 0 aliphatic rings. The van der Waals surface area contributed by atoms with Crippen LogP contribution >= 0.6 is 15.9 Å². The second kappa shape index (κ2) is 5.85. The van der Waals surface area contributed by atoms with Crippen LogP contribution in [0.15, 0.2) is 4.47 Å². The van der Waals surface area contributed by atoms with E-state index in [9.17, 15) is 4.79 Å². The molecule has 0 aliphatic heterocycles. The molecule has 0 amide bonds. The molecule has 1 atom stereocenters. The van der Waals surface area contributed by atoms with Crippen LogP contribution in [0.1, 0.15) is 41.6 Å². The number of methoxy groups -OCH3 is 1. The number of rotatable bonds is 4. The molecule has 0 heterocycles. The summed E-state index contributed by atoms with van der Waals surface area (Å²) in [5.41, 5.74) is 10.3. The first-order valence-corrected chi connectivity index (χ1v) is 6.68. The van der Waals surface area contributed by atoms with Gasteiger partial charge in [0.15, 0.2) is 0 Å².